The largest absolute Gasteiger partial charge is 0.248 e. The highest BCUT2D eigenvalue weighted by molar-refractivity contribution is 6.18. The smallest absolute Gasteiger partial charge is 0.0712 e. The lowest BCUT2D eigenvalue weighted by Crippen LogP contribution is -1.90. The Morgan fingerprint density at radius 1 is 0.895 bits per heavy atom. The van der Waals surface area contributed by atoms with Gasteiger partial charge in [0.2, 0.25) is 0 Å². The van der Waals surface area contributed by atoms with Crippen LogP contribution in [0, 0.1) is 0 Å². The van der Waals surface area contributed by atoms with Crippen molar-refractivity contribution in [3.63, 3.8) is 0 Å². The third-order valence-electron chi connectivity index (χ3n) is 3.02. The van der Waals surface area contributed by atoms with Crippen molar-refractivity contribution in [2.45, 2.75) is 5.88 Å². The maximum Gasteiger partial charge on any atom is 0.0712 e. The van der Waals surface area contributed by atoms with Gasteiger partial charge < -0.3 is 0 Å². The van der Waals surface area contributed by atoms with E-state index in [4.69, 9.17) is 16.6 Å². The normalized spacial score (nSPS) is 10.2. The molecule has 0 aliphatic heterocycles. The second-order valence-corrected chi connectivity index (χ2v) is 4.45. The molecule has 0 saturated heterocycles. The van der Waals surface area contributed by atoms with Crippen LogP contribution in [0.1, 0.15) is 5.56 Å². The van der Waals surface area contributed by atoms with E-state index in [1.165, 1.54) is 0 Å². The second-order valence-electron chi connectivity index (χ2n) is 4.18. The van der Waals surface area contributed by atoms with Gasteiger partial charge in [0, 0.05) is 16.8 Å². The summed E-state index contributed by atoms with van der Waals surface area (Å²) < 4.78 is 0. The quantitative estimate of drug-likeness (QED) is 0.601. The van der Waals surface area contributed by atoms with E-state index in [0.29, 0.717) is 5.88 Å². The second kappa shape index (κ2) is 6.05. The van der Waals surface area contributed by atoms with Crippen LogP contribution in [0.15, 0.2) is 60.7 Å². The lowest BCUT2D eigenvalue weighted by atomic mass is 10.1. The molecule has 0 radical (unpaired) electrons. The minimum atomic E-state index is 0. The van der Waals surface area contributed by atoms with Crippen LogP contribution in [0.25, 0.3) is 22.2 Å². The summed E-state index contributed by atoms with van der Waals surface area (Å²) in [6.45, 7) is 0. The summed E-state index contributed by atoms with van der Waals surface area (Å²) in [5, 5.41) is 1.13. The van der Waals surface area contributed by atoms with Gasteiger partial charge in [-0.15, -0.1) is 24.0 Å². The summed E-state index contributed by atoms with van der Waals surface area (Å²) in [5.41, 5.74) is 4.22. The van der Waals surface area contributed by atoms with Crippen molar-refractivity contribution < 1.29 is 0 Å². The molecule has 19 heavy (non-hydrogen) atoms. The lowest BCUT2D eigenvalue weighted by Gasteiger charge is -2.07. The molecule has 1 heterocycles. The van der Waals surface area contributed by atoms with Crippen molar-refractivity contribution in [3.05, 3.63) is 66.2 Å². The summed E-state index contributed by atoms with van der Waals surface area (Å²) in [4.78, 5) is 4.70. The van der Waals surface area contributed by atoms with Crippen LogP contribution < -0.4 is 0 Å². The fourth-order valence-corrected chi connectivity index (χ4v) is 2.34. The molecule has 0 unspecified atom stereocenters. The monoisotopic (exact) mass is 289 g/mol. The number of aromatic nitrogens is 1. The molecule has 1 aromatic heterocycles. The van der Waals surface area contributed by atoms with E-state index >= 15 is 0 Å². The molecule has 0 atom stereocenters. The summed E-state index contributed by atoms with van der Waals surface area (Å²) in [7, 11) is 0. The minimum Gasteiger partial charge on any atom is -0.248 e. The van der Waals surface area contributed by atoms with Gasteiger partial charge in [-0.05, 0) is 17.7 Å². The van der Waals surface area contributed by atoms with Gasteiger partial charge in [-0.2, -0.15) is 0 Å². The molecule has 3 aromatic rings. The van der Waals surface area contributed by atoms with E-state index < -0.39 is 0 Å². The van der Waals surface area contributed by atoms with Crippen molar-refractivity contribution in [1.29, 1.82) is 0 Å². The molecule has 1 nitrogen and oxygen atoms in total. The molecule has 0 saturated carbocycles. The first-order valence-electron chi connectivity index (χ1n) is 5.88. The molecule has 0 bridgehead atoms. The molecule has 2 aromatic carbocycles. The third kappa shape index (κ3) is 2.73. The Hall–Kier alpha value is -1.57. The number of hydrogen-bond donors (Lipinski definition) is 0. The Balaban J connectivity index is 0.00000133. The van der Waals surface area contributed by atoms with E-state index in [1.807, 2.05) is 36.4 Å². The number of rotatable bonds is 2. The first-order chi connectivity index (χ1) is 8.88. The average Bonchev–Trinajstić information content (AvgIpc) is 2.47. The Kier molecular flexibility index (Phi) is 4.41. The maximum atomic E-state index is 6.04. The van der Waals surface area contributed by atoms with Crippen LogP contribution in [0.3, 0.4) is 0 Å². The highest BCUT2D eigenvalue weighted by Crippen LogP contribution is 2.25. The zero-order chi connectivity index (χ0) is 12.4. The van der Waals surface area contributed by atoms with Crippen molar-refractivity contribution in [3.8, 4) is 11.3 Å². The standard InChI is InChI=1S/C16H12ClN.ClH/c17-11-13-10-16(12-6-2-1-3-7-12)18-15-9-5-4-8-14(13)15;/h1-10H,11H2;1H. The molecule has 96 valence electrons. The number of nitrogens with zero attached hydrogens (tertiary/aromatic N) is 1. The SMILES string of the molecule is Cl.ClCc1cc(-c2ccccc2)nc2ccccc12. The molecule has 0 aliphatic carbocycles. The number of halogens is 2. The number of hydrogen-bond acceptors (Lipinski definition) is 1. The van der Waals surface area contributed by atoms with Crippen molar-refractivity contribution in [2.24, 2.45) is 0 Å². The number of para-hydroxylation sites is 1. The van der Waals surface area contributed by atoms with Crippen molar-refractivity contribution in [1.82, 2.24) is 4.98 Å². The van der Waals surface area contributed by atoms with Crippen molar-refractivity contribution in [2.75, 3.05) is 0 Å². The number of benzene rings is 2. The number of pyridine rings is 1. The molecular weight excluding hydrogens is 277 g/mol. The Morgan fingerprint density at radius 3 is 2.32 bits per heavy atom. The summed E-state index contributed by atoms with van der Waals surface area (Å²) in [6.07, 6.45) is 0. The van der Waals surface area contributed by atoms with E-state index in [1.54, 1.807) is 0 Å². The summed E-state index contributed by atoms with van der Waals surface area (Å²) in [6, 6.07) is 20.4. The molecule has 0 spiro atoms. The molecule has 0 aliphatic rings. The van der Waals surface area contributed by atoms with Gasteiger partial charge in [0.25, 0.3) is 0 Å². The average molecular weight is 290 g/mol. The van der Waals surface area contributed by atoms with Crippen LogP contribution in [-0.4, -0.2) is 4.98 Å². The van der Waals surface area contributed by atoms with Crippen LogP contribution >= 0.6 is 24.0 Å². The summed E-state index contributed by atoms with van der Waals surface area (Å²) in [5.74, 6) is 0.503. The fourth-order valence-electron chi connectivity index (χ4n) is 2.11. The van der Waals surface area contributed by atoms with Crippen molar-refractivity contribution >= 4 is 34.9 Å². The van der Waals surface area contributed by atoms with Gasteiger partial charge in [0.1, 0.15) is 0 Å². The van der Waals surface area contributed by atoms with Crippen LogP contribution in [0.5, 0.6) is 0 Å². The van der Waals surface area contributed by atoms with Gasteiger partial charge in [0.05, 0.1) is 11.2 Å². The molecular formula is C16H13Cl2N. The van der Waals surface area contributed by atoms with E-state index in [0.717, 1.165) is 27.7 Å². The first-order valence-corrected chi connectivity index (χ1v) is 6.42. The Morgan fingerprint density at radius 2 is 1.58 bits per heavy atom. The van der Waals surface area contributed by atoms with Crippen LogP contribution in [-0.2, 0) is 5.88 Å². The predicted octanol–water partition coefficient (Wildman–Crippen LogP) is 5.06. The molecule has 0 amide bonds. The summed E-state index contributed by atoms with van der Waals surface area (Å²) >= 11 is 6.04. The highest BCUT2D eigenvalue weighted by Gasteiger charge is 2.06. The first kappa shape index (κ1) is 13.9. The zero-order valence-corrected chi connectivity index (χ0v) is 11.8. The number of fused-ring (bicyclic) bond motifs is 1. The number of alkyl halides is 1. The predicted molar refractivity (Wildman–Crippen MR) is 84.0 cm³/mol. The Labute approximate surface area is 123 Å². The van der Waals surface area contributed by atoms with Crippen LogP contribution in [0.2, 0.25) is 0 Å². The fraction of sp³-hybridized carbons (Fsp3) is 0.0625. The lowest BCUT2D eigenvalue weighted by molar-refractivity contribution is 1.34. The Bertz CT molecular complexity index is 681. The zero-order valence-electron chi connectivity index (χ0n) is 10.2. The molecule has 0 N–H and O–H groups in total. The van der Waals surface area contributed by atoms with E-state index in [9.17, 15) is 0 Å². The van der Waals surface area contributed by atoms with Gasteiger partial charge in [-0.3, -0.25) is 0 Å². The van der Waals surface area contributed by atoms with E-state index in [2.05, 4.69) is 24.3 Å². The molecule has 0 fully saturated rings. The van der Waals surface area contributed by atoms with Crippen LogP contribution in [0.4, 0.5) is 0 Å². The van der Waals surface area contributed by atoms with Gasteiger partial charge in [0.15, 0.2) is 0 Å². The topological polar surface area (TPSA) is 12.9 Å². The van der Waals surface area contributed by atoms with Gasteiger partial charge in [-0.1, -0.05) is 48.5 Å². The van der Waals surface area contributed by atoms with Gasteiger partial charge >= 0.3 is 0 Å². The third-order valence-corrected chi connectivity index (χ3v) is 3.30. The van der Waals surface area contributed by atoms with E-state index in [-0.39, 0.29) is 12.4 Å². The highest BCUT2D eigenvalue weighted by atomic mass is 35.5. The molecule has 3 heteroatoms. The van der Waals surface area contributed by atoms with Gasteiger partial charge in [-0.25, -0.2) is 4.98 Å². The maximum absolute atomic E-state index is 6.04. The minimum absolute atomic E-state index is 0. The molecule has 3 rings (SSSR count).